The second kappa shape index (κ2) is 7.77. The van der Waals surface area contributed by atoms with Crippen LogP contribution in [0.3, 0.4) is 0 Å². The number of amides is 1. The lowest BCUT2D eigenvalue weighted by Gasteiger charge is -2.42. The molecule has 0 bridgehead atoms. The van der Waals surface area contributed by atoms with E-state index in [1.807, 2.05) is 6.07 Å². The normalized spacial score (nSPS) is 23.8. The number of nitrogens with one attached hydrogen (secondary N) is 1. The highest BCUT2D eigenvalue weighted by molar-refractivity contribution is 8.13. The minimum atomic E-state index is -2.09. The first-order chi connectivity index (χ1) is 13.7. The van der Waals surface area contributed by atoms with Crippen LogP contribution in [-0.4, -0.2) is 39.2 Å². The van der Waals surface area contributed by atoms with Crippen LogP contribution in [0.4, 0.5) is 14.5 Å². The molecule has 1 aromatic heterocycles. The van der Waals surface area contributed by atoms with E-state index in [1.165, 1.54) is 37.4 Å². The van der Waals surface area contributed by atoms with Crippen molar-refractivity contribution >= 4 is 28.5 Å². The quantitative estimate of drug-likeness (QED) is 0.701. The fourth-order valence-corrected chi connectivity index (χ4v) is 3.88. The Morgan fingerprint density at radius 2 is 2.21 bits per heavy atom. The van der Waals surface area contributed by atoms with Gasteiger partial charge in [-0.25, -0.2) is 18.8 Å². The molecule has 2 atom stereocenters. The van der Waals surface area contributed by atoms with E-state index >= 15 is 4.39 Å². The highest BCUT2D eigenvalue weighted by atomic mass is 32.2. The Labute approximate surface area is 169 Å². The van der Waals surface area contributed by atoms with E-state index in [9.17, 15) is 14.3 Å². The summed E-state index contributed by atoms with van der Waals surface area (Å²) in [4.78, 5) is 20.3. The van der Waals surface area contributed by atoms with Gasteiger partial charge in [0.05, 0.1) is 12.2 Å². The first-order valence-electron chi connectivity index (χ1n) is 8.48. The molecule has 0 saturated carbocycles. The molecule has 150 valence electrons. The summed E-state index contributed by atoms with van der Waals surface area (Å²) in [6.45, 7) is 0.407. The van der Waals surface area contributed by atoms with Crippen LogP contribution in [0.5, 0.6) is 0 Å². The fraction of sp³-hybridized carbons (Fsp3) is 0.263. The summed E-state index contributed by atoms with van der Waals surface area (Å²) < 4.78 is 30.0. The molecule has 4 N–H and O–H groups in total. The van der Waals surface area contributed by atoms with Gasteiger partial charge in [0, 0.05) is 23.2 Å². The number of aliphatic hydroxyl groups excluding tert-OH is 1. The van der Waals surface area contributed by atoms with E-state index in [0.717, 1.165) is 17.8 Å². The molecule has 2 aromatic rings. The lowest BCUT2D eigenvalue weighted by atomic mass is 9.78. The molecule has 0 saturated heterocycles. The third-order valence-corrected chi connectivity index (χ3v) is 5.75. The molecule has 1 aliphatic heterocycles. The van der Waals surface area contributed by atoms with Crippen molar-refractivity contribution in [3.63, 3.8) is 0 Å². The summed E-state index contributed by atoms with van der Waals surface area (Å²) in [7, 11) is 0. The molecule has 0 spiro atoms. The number of halogens is 2. The van der Waals surface area contributed by atoms with Gasteiger partial charge in [0.1, 0.15) is 28.8 Å². The smallest absolute Gasteiger partial charge is 0.274 e. The van der Waals surface area contributed by atoms with Crippen LogP contribution >= 0.6 is 11.8 Å². The molecule has 1 aliphatic rings. The second-order valence-electron chi connectivity index (χ2n) is 6.65. The van der Waals surface area contributed by atoms with Gasteiger partial charge < -0.3 is 16.2 Å². The number of carbonyl (C=O) groups is 1. The van der Waals surface area contributed by atoms with Gasteiger partial charge in [-0.2, -0.15) is 5.26 Å². The number of nitrogens with two attached hydrogens (primary N) is 1. The summed E-state index contributed by atoms with van der Waals surface area (Å²) >= 11 is 0.977. The van der Waals surface area contributed by atoms with E-state index in [2.05, 4.69) is 15.3 Å². The maximum absolute atomic E-state index is 15.3. The van der Waals surface area contributed by atoms with Crippen molar-refractivity contribution in [2.75, 3.05) is 17.7 Å². The third kappa shape index (κ3) is 3.79. The van der Waals surface area contributed by atoms with Crippen molar-refractivity contribution < 1.29 is 18.7 Å². The van der Waals surface area contributed by atoms with Gasteiger partial charge in [0.15, 0.2) is 5.17 Å². The van der Waals surface area contributed by atoms with Crippen LogP contribution in [0.25, 0.3) is 0 Å². The molecule has 3 rings (SSSR count). The second-order valence-corrected chi connectivity index (χ2v) is 7.64. The van der Waals surface area contributed by atoms with E-state index in [0.29, 0.717) is 5.56 Å². The maximum atomic E-state index is 15.3. The number of amidine groups is 1. The van der Waals surface area contributed by atoms with Gasteiger partial charge >= 0.3 is 0 Å². The number of carbonyl (C=O) groups excluding carboxylic acids is 1. The average molecular weight is 417 g/mol. The molecular formula is C19H17F2N5O2S. The summed E-state index contributed by atoms with van der Waals surface area (Å²) in [5.41, 5.74) is 1.96. The van der Waals surface area contributed by atoms with Gasteiger partial charge in [0.2, 0.25) is 0 Å². The number of nitriles is 1. The number of pyridine rings is 1. The Morgan fingerprint density at radius 3 is 2.83 bits per heavy atom. The number of hydrogen-bond acceptors (Lipinski definition) is 7. The number of rotatable bonds is 4. The van der Waals surface area contributed by atoms with Crippen molar-refractivity contribution in [2.45, 2.75) is 18.1 Å². The Balaban J connectivity index is 1.98. The molecular weight excluding hydrogens is 400 g/mol. The molecule has 0 unspecified atom stereocenters. The summed E-state index contributed by atoms with van der Waals surface area (Å²) in [5.74, 6) is -1.51. The SMILES string of the molecule is C[C@@]1(F)CSC(N)=N[C@]1(CO)c1cc(NC(=O)c2ccc(C#N)cn2)ccc1F. The van der Waals surface area contributed by atoms with Gasteiger partial charge in [-0.1, -0.05) is 11.8 Å². The minimum absolute atomic E-state index is 0.0322. The monoisotopic (exact) mass is 417 g/mol. The lowest BCUT2D eigenvalue weighted by Crippen LogP contribution is -2.53. The highest BCUT2D eigenvalue weighted by Gasteiger charge is 2.54. The van der Waals surface area contributed by atoms with Gasteiger partial charge in [-0.3, -0.25) is 4.79 Å². The number of benzene rings is 1. The summed E-state index contributed by atoms with van der Waals surface area (Å²) in [6, 6.07) is 8.27. The van der Waals surface area contributed by atoms with Crippen molar-refractivity contribution in [2.24, 2.45) is 10.7 Å². The van der Waals surface area contributed by atoms with Crippen LogP contribution in [-0.2, 0) is 5.54 Å². The number of aliphatic imine (C=N–C) groups is 1. The Bertz CT molecular complexity index is 1020. The number of anilines is 1. The van der Waals surface area contributed by atoms with Crippen molar-refractivity contribution in [1.82, 2.24) is 4.98 Å². The standard InChI is InChI=1S/C19H17F2N5O2S/c1-18(21)10-29-17(23)26-19(18,9-27)13-6-12(3-4-14(13)20)25-16(28)15-5-2-11(7-22)8-24-15/h2-6,8,27H,9-10H2,1H3,(H2,23,26)(H,25,28)/t18-,19-/m1/s1. The summed E-state index contributed by atoms with van der Waals surface area (Å²) in [6.07, 6.45) is 1.25. The molecule has 0 radical (unpaired) electrons. The topological polar surface area (TPSA) is 124 Å². The van der Waals surface area contributed by atoms with Crippen LogP contribution in [0.2, 0.25) is 0 Å². The van der Waals surface area contributed by atoms with Crippen LogP contribution in [0.15, 0.2) is 41.5 Å². The maximum Gasteiger partial charge on any atom is 0.274 e. The zero-order valence-corrected chi connectivity index (χ0v) is 16.1. The molecule has 0 fully saturated rings. The van der Waals surface area contributed by atoms with E-state index in [4.69, 9.17) is 11.0 Å². The molecule has 0 aliphatic carbocycles. The number of thioether (sulfide) groups is 1. The Kier molecular flexibility index (Phi) is 5.55. The zero-order chi connectivity index (χ0) is 21.2. The third-order valence-electron chi connectivity index (χ3n) is 4.68. The fourth-order valence-electron chi connectivity index (χ4n) is 3.00. The van der Waals surface area contributed by atoms with Crippen LogP contribution < -0.4 is 11.1 Å². The molecule has 29 heavy (non-hydrogen) atoms. The van der Waals surface area contributed by atoms with Crippen molar-refractivity contribution in [3.05, 3.63) is 59.2 Å². The van der Waals surface area contributed by atoms with Crippen LogP contribution in [0.1, 0.15) is 28.5 Å². The number of alkyl halides is 1. The van der Waals surface area contributed by atoms with Crippen LogP contribution in [0, 0.1) is 17.1 Å². The van der Waals surface area contributed by atoms with Gasteiger partial charge in [-0.15, -0.1) is 0 Å². The van der Waals surface area contributed by atoms with Crippen molar-refractivity contribution in [3.8, 4) is 6.07 Å². The Hall–Kier alpha value is -3.03. The van der Waals surface area contributed by atoms with E-state index in [1.54, 1.807) is 0 Å². The molecule has 10 heteroatoms. The zero-order valence-electron chi connectivity index (χ0n) is 15.3. The lowest BCUT2D eigenvalue weighted by molar-refractivity contribution is 0.0434. The van der Waals surface area contributed by atoms with Gasteiger partial charge in [0.25, 0.3) is 5.91 Å². The number of nitrogens with zero attached hydrogens (tertiary/aromatic N) is 3. The number of aliphatic hydroxyl groups is 1. The van der Waals surface area contributed by atoms with E-state index < -0.39 is 29.5 Å². The Morgan fingerprint density at radius 1 is 1.45 bits per heavy atom. The average Bonchev–Trinajstić information content (AvgIpc) is 2.71. The highest BCUT2D eigenvalue weighted by Crippen LogP contribution is 2.46. The molecule has 1 aromatic carbocycles. The van der Waals surface area contributed by atoms with Gasteiger partial charge in [-0.05, 0) is 37.3 Å². The first-order valence-corrected chi connectivity index (χ1v) is 9.46. The number of hydrogen-bond donors (Lipinski definition) is 3. The number of aromatic nitrogens is 1. The predicted molar refractivity (Wildman–Crippen MR) is 106 cm³/mol. The molecule has 7 nitrogen and oxygen atoms in total. The van der Waals surface area contributed by atoms with E-state index in [-0.39, 0.29) is 27.9 Å². The summed E-state index contributed by atoms with van der Waals surface area (Å²) in [5, 5.41) is 21.3. The molecule has 2 heterocycles. The first kappa shape index (κ1) is 20.7. The molecule has 1 amide bonds. The minimum Gasteiger partial charge on any atom is -0.393 e. The largest absolute Gasteiger partial charge is 0.393 e. The predicted octanol–water partition coefficient (Wildman–Crippen LogP) is 2.32. The van der Waals surface area contributed by atoms with Crippen molar-refractivity contribution in [1.29, 1.82) is 5.26 Å².